The van der Waals surface area contributed by atoms with Crippen LogP contribution in [0.2, 0.25) is 0 Å². The molecule has 0 amide bonds. The number of benzene rings is 3. The average molecular weight is 478 g/mol. The first kappa shape index (κ1) is 23.3. The van der Waals surface area contributed by atoms with E-state index in [0.29, 0.717) is 17.8 Å². The molecule has 180 valence electrons. The lowest BCUT2D eigenvalue weighted by atomic mass is 9.98. The highest BCUT2D eigenvalue weighted by Crippen LogP contribution is 2.30. The molecule has 36 heavy (non-hydrogen) atoms. The fourth-order valence-electron chi connectivity index (χ4n) is 4.20. The van der Waals surface area contributed by atoms with E-state index in [1.807, 2.05) is 47.1 Å². The minimum Gasteiger partial charge on any atom is -0.285 e. The van der Waals surface area contributed by atoms with Crippen LogP contribution in [0.5, 0.6) is 0 Å². The molecule has 0 unspecified atom stereocenters. The SMILES string of the molecule is CCCCCn1nc(C(=O)c2ccccc2)nc1Cc1ccc(-c2ccccc2-c2nn[nH]n2)cc1. The van der Waals surface area contributed by atoms with Gasteiger partial charge < -0.3 is 0 Å². The summed E-state index contributed by atoms with van der Waals surface area (Å²) in [5.74, 6) is 1.45. The van der Waals surface area contributed by atoms with E-state index in [9.17, 15) is 4.79 Å². The molecule has 0 aliphatic heterocycles. The summed E-state index contributed by atoms with van der Waals surface area (Å²) in [6.45, 7) is 2.92. The van der Waals surface area contributed by atoms with Crippen molar-refractivity contribution in [2.24, 2.45) is 0 Å². The van der Waals surface area contributed by atoms with E-state index in [0.717, 1.165) is 53.9 Å². The van der Waals surface area contributed by atoms with Gasteiger partial charge in [-0.3, -0.25) is 4.79 Å². The molecule has 3 aromatic carbocycles. The van der Waals surface area contributed by atoms with Crippen LogP contribution in [0.25, 0.3) is 22.5 Å². The average Bonchev–Trinajstić information content (AvgIpc) is 3.60. The van der Waals surface area contributed by atoms with Crippen molar-refractivity contribution >= 4 is 5.78 Å². The Balaban J connectivity index is 1.40. The Bertz CT molecular complexity index is 1420. The van der Waals surface area contributed by atoms with E-state index in [1.165, 1.54) is 0 Å². The van der Waals surface area contributed by atoms with Gasteiger partial charge in [-0.2, -0.15) is 5.21 Å². The first-order chi connectivity index (χ1) is 17.7. The maximum absolute atomic E-state index is 13.0. The van der Waals surface area contributed by atoms with Crippen molar-refractivity contribution in [3.8, 4) is 22.5 Å². The molecule has 0 aliphatic carbocycles. The number of rotatable bonds is 10. The molecular weight excluding hydrogens is 450 g/mol. The Hall–Kier alpha value is -4.46. The van der Waals surface area contributed by atoms with E-state index in [1.54, 1.807) is 12.1 Å². The molecule has 0 spiro atoms. The van der Waals surface area contributed by atoms with Gasteiger partial charge in [-0.15, -0.1) is 15.3 Å². The number of aromatic nitrogens is 7. The summed E-state index contributed by atoms with van der Waals surface area (Å²) < 4.78 is 1.89. The molecule has 0 bridgehead atoms. The highest BCUT2D eigenvalue weighted by atomic mass is 16.1. The lowest BCUT2D eigenvalue weighted by Crippen LogP contribution is -2.07. The second-order valence-electron chi connectivity index (χ2n) is 8.63. The van der Waals surface area contributed by atoms with Crippen molar-refractivity contribution in [1.82, 2.24) is 35.4 Å². The first-order valence-electron chi connectivity index (χ1n) is 12.2. The number of nitrogens with one attached hydrogen (secondary N) is 1. The van der Waals surface area contributed by atoms with Crippen molar-refractivity contribution in [2.45, 2.75) is 39.2 Å². The summed E-state index contributed by atoms with van der Waals surface area (Å²) in [5.41, 5.74) is 4.70. The Labute approximate surface area is 209 Å². The molecule has 8 nitrogen and oxygen atoms in total. The molecule has 8 heteroatoms. The third-order valence-electron chi connectivity index (χ3n) is 6.10. The monoisotopic (exact) mass is 477 g/mol. The molecule has 5 rings (SSSR count). The van der Waals surface area contributed by atoms with Crippen LogP contribution in [0.15, 0.2) is 78.9 Å². The predicted molar refractivity (Wildman–Crippen MR) is 137 cm³/mol. The van der Waals surface area contributed by atoms with E-state index in [-0.39, 0.29) is 11.6 Å². The van der Waals surface area contributed by atoms with Gasteiger partial charge in [0.1, 0.15) is 5.82 Å². The van der Waals surface area contributed by atoms with Gasteiger partial charge in [0, 0.05) is 24.1 Å². The van der Waals surface area contributed by atoms with Gasteiger partial charge in [0.15, 0.2) is 0 Å². The normalized spacial score (nSPS) is 11.0. The van der Waals surface area contributed by atoms with E-state index < -0.39 is 0 Å². The van der Waals surface area contributed by atoms with Crippen molar-refractivity contribution in [1.29, 1.82) is 0 Å². The smallest absolute Gasteiger partial charge is 0.232 e. The third kappa shape index (κ3) is 5.12. The van der Waals surface area contributed by atoms with E-state index in [4.69, 9.17) is 0 Å². The number of hydrogen-bond donors (Lipinski definition) is 1. The van der Waals surface area contributed by atoms with Gasteiger partial charge in [-0.25, -0.2) is 9.67 Å². The highest BCUT2D eigenvalue weighted by Gasteiger charge is 2.18. The molecule has 2 heterocycles. The quantitative estimate of drug-likeness (QED) is 0.221. The number of carbonyl (C=O) groups is 1. The number of hydrogen-bond acceptors (Lipinski definition) is 6. The molecule has 2 aromatic heterocycles. The lowest BCUT2D eigenvalue weighted by molar-refractivity contribution is 0.102. The first-order valence-corrected chi connectivity index (χ1v) is 12.2. The summed E-state index contributed by atoms with van der Waals surface area (Å²) in [7, 11) is 0. The van der Waals surface area contributed by atoms with Gasteiger partial charge in [-0.1, -0.05) is 98.6 Å². The number of nitrogens with zero attached hydrogens (tertiary/aromatic N) is 6. The molecule has 0 saturated carbocycles. The van der Waals surface area contributed by atoms with Gasteiger partial charge >= 0.3 is 0 Å². The van der Waals surface area contributed by atoms with Gasteiger partial charge in [0.05, 0.1) is 0 Å². The molecule has 0 aliphatic rings. The fraction of sp³-hybridized carbons (Fsp3) is 0.214. The third-order valence-corrected chi connectivity index (χ3v) is 6.10. The van der Waals surface area contributed by atoms with Crippen LogP contribution < -0.4 is 0 Å². The van der Waals surface area contributed by atoms with Crippen LogP contribution in [0.1, 0.15) is 53.8 Å². The number of unbranched alkanes of at least 4 members (excludes halogenated alkanes) is 2. The lowest BCUT2D eigenvalue weighted by Gasteiger charge is -2.09. The fourth-order valence-corrected chi connectivity index (χ4v) is 4.20. The van der Waals surface area contributed by atoms with Crippen LogP contribution in [-0.4, -0.2) is 41.2 Å². The topological polar surface area (TPSA) is 102 Å². The van der Waals surface area contributed by atoms with Crippen LogP contribution in [0.3, 0.4) is 0 Å². The molecule has 0 atom stereocenters. The van der Waals surface area contributed by atoms with Crippen LogP contribution in [-0.2, 0) is 13.0 Å². The van der Waals surface area contributed by atoms with Crippen LogP contribution in [0, 0.1) is 0 Å². The molecule has 1 N–H and O–H groups in total. The minimum absolute atomic E-state index is 0.153. The van der Waals surface area contributed by atoms with Crippen molar-refractivity contribution in [3.63, 3.8) is 0 Å². The van der Waals surface area contributed by atoms with Gasteiger partial charge in [0.2, 0.25) is 17.4 Å². The van der Waals surface area contributed by atoms with Crippen LogP contribution >= 0.6 is 0 Å². The number of ketones is 1. The van der Waals surface area contributed by atoms with E-state index in [2.05, 4.69) is 61.9 Å². The van der Waals surface area contributed by atoms with Crippen molar-refractivity contribution in [3.05, 3.63) is 102 Å². The summed E-state index contributed by atoms with van der Waals surface area (Å²) in [5, 5.41) is 19.1. The zero-order valence-corrected chi connectivity index (χ0v) is 20.1. The van der Waals surface area contributed by atoms with E-state index >= 15 is 0 Å². The number of tetrazole rings is 1. The zero-order valence-electron chi connectivity index (χ0n) is 20.1. The minimum atomic E-state index is -0.153. The Kier molecular flexibility index (Phi) is 7.02. The van der Waals surface area contributed by atoms with Crippen molar-refractivity contribution < 1.29 is 4.79 Å². The number of carbonyl (C=O) groups excluding carboxylic acids is 1. The second kappa shape index (κ2) is 10.9. The highest BCUT2D eigenvalue weighted by molar-refractivity contribution is 6.06. The maximum Gasteiger partial charge on any atom is 0.232 e. The van der Waals surface area contributed by atoms with Gasteiger partial charge in [0.25, 0.3) is 0 Å². The number of H-pyrrole nitrogens is 1. The van der Waals surface area contributed by atoms with Crippen LogP contribution in [0.4, 0.5) is 0 Å². The van der Waals surface area contributed by atoms with Crippen molar-refractivity contribution in [2.75, 3.05) is 0 Å². The largest absolute Gasteiger partial charge is 0.285 e. The summed E-state index contributed by atoms with van der Waals surface area (Å²) >= 11 is 0. The Morgan fingerprint density at radius 2 is 1.64 bits per heavy atom. The predicted octanol–water partition coefficient (Wildman–Crippen LogP) is 5.14. The zero-order chi connectivity index (χ0) is 24.7. The molecule has 0 radical (unpaired) electrons. The Morgan fingerprint density at radius 1 is 0.889 bits per heavy atom. The summed E-state index contributed by atoms with van der Waals surface area (Å²) in [6.07, 6.45) is 3.81. The number of aromatic amines is 1. The second-order valence-corrected chi connectivity index (χ2v) is 8.63. The molecule has 0 fully saturated rings. The molecule has 0 saturated heterocycles. The summed E-state index contributed by atoms with van der Waals surface area (Å²) in [4.78, 5) is 17.6. The standard InChI is InChI=1S/C28H27N7O/c1-2-3-9-18-35-25(29-28(32-35)26(36)22-10-5-4-6-11-22)19-20-14-16-21(17-15-20)23-12-7-8-13-24(23)27-30-33-34-31-27/h4-8,10-17H,2-3,9,18-19H2,1H3,(H,30,31,33,34). The molecule has 5 aromatic rings. The molecular formula is C28H27N7O. The van der Waals surface area contributed by atoms with Gasteiger partial charge in [-0.05, 0) is 28.3 Å². The maximum atomic E-state index is 13.0. The number of aryl methyl sites for hydroxylation is 1. The Morgan fingerprint density at radius 3 is 2.36 bits per heavy atom. The summed E-state index contributed by atoms with van der Waals surface area (Å²) in [6, 6.07) is 25.5.